The molecule has 0 aliphatic carbocycles. The number of carbonyl (C=O) groups is 2. The molecule has 1 aromatic heterocycles. The van der Waals surface area contributed by atoms with Gasteiger partial charge in [0.2, 0.25) is 5.91 Å². The molecule has 0 bridgehead atoms. The van der Waals surface area contributed by atoms with Crippen molar-refractivity contribution in [3.63, 3.8) is 0 Å². The lowest BCUT2D eigenvalue weighted by Crippen LogP contribution is -2.34. The normalized spacial score (nSPS) is 10.3. The number of amides is 2. The average molecular weight is 399 g/mol. The summed E-state index contributed by atoms with van der Waals surface area (Å²) in [5.74, 6) is -0.387. The lowest BCUT2D eigenvalue weighted by atomic mass is 10.3. The van der Waals surface area contributed by atoms with Crippen molar-refractivity contribution in [1.82, 2.24) is 4.90 Å². The van der Waals surface area contributed by atoms with E-state index in [1.54, 1.807) is 30.3 Å². The van der Waals surface area contributed by atoms with Crippen LogP contribution in [0.25, 0.3) is 0 Å². The predicted molar refractivity (Wildman–Crippen MR) is 95.8 cm³/mol. The van der Waals surface area contributed by atoms with E-state index in [2.05, 4.69) is 21.2 Å². The molecule has 0 fully saturated rings. The highest BCUT2D eigenvalue weighted by molar-refractivity contribution is 9.11. The molecule has 7 heteroatoms. The van der Waals surface area contributed by atoms with Crippen molar-refractivity contribution in [2.75, 3.05) is 25.2 Å². The minimum atomic E-state index is -0.216. The number of anilines is 1. The van der Waals surface area contributed by atoms with Gasteiger partial charge in [-0.3, -0.25) is 9.59 Å². The van der Waals surface area contributed by atoms with E-state index < -0.39 is 0 Å². The first-order valence-electron chi connectivity index (χ1n) is 6.43. The second kappa shape index (κ2) is 7.80. The monoisotopic (exact) mass is 398 g/mol. The summed E-state index contributed by atoms with van der Waals surface area (Å²) in [7, 11) is 1.62. The fourth-order valence-electron chi connectivity index (χ4n) is 1.87. The molecule has 0 radical (unpaired) electrons. The lowest BCUT2D eigenvalue weighted by Gasteiger charge is -2.17. The van der Waals surface area contributed by atoms with Crippen molar-refractivity contribution in [2.24, 2.45) is 0 Å². The van der Waals surface area contributed by atoms with E-state index >= 15 is 0 Å². The van der Waals surface area contributed by atoms with Crippen LogP contribution in [0.3, 0.4) is 0 Å². The first-order valence-corrected chi connectivity index (χ1v) is 9.33. The molecule has 2 amide bonds. The van der Waals surface area contributed by atoms with E-state index in [9.17, 15) is 9.59 Å². The van der Waals surface area contributed by atoms with Gasteiger partial charge >= 0.3 is 0 Å². The Labute approximate surface area is 146 Å². The molecule has 0 saturated carbocycles. The number of nitrogens with one attached hydrogen (secondary N) is 1. The summed E-state index contributed by atoms with van der Waals surface area (Å²) in [6.07, 6.45) is 1.95. The number of thiophene rings is 1. The quantitative estimate of drug-likeness (QED) is 0.775. The number of halogens is 1. The number of nitrogens with zero attached hydrogens (tertiary/aromatic N) is 1. The van der Waals surface area contributed by atoms with Gasteiger partial charge in [0.15, 0.2) is 0 Å². The Hall–Kier alpha value is -1.31. The highest BCUT2D eigenvalue weighted by Gasteiger charge is 2.16. The van der Waals surface area contributed by atoms with Gasteiger partial charge < -0.3 is 10.2 Å². The molecule has 2 aromatic rings. The zero-order valence-electron chi connectivity index (χ0n) is 12.1. The number of hydrogen-bond acceptors (Lipinski definition) is 4. The molecular weight excluding hydrogens is 384 g/mol. The van der Waals surface area contributed by atoms with Crippen LogP contribution in [-0.2, 0) is 4.79 Å². The van der Waals surface area contributed by atoms with Crippen molar-refractivity contribution < 1.29 is 9.59 Å². The van der Waals surface area contributed by atoms with Crippen LogP contribution in [0.2, 0.25) is 0 Å². The van der Waals surface area contributed by atoms with E-state index in [-0.39, 0.29) is 18.4 Å². The van der Waals surface area contributed by atoms with Crippen molar-refractivity contribution in [2.45, 2.75) is 4.90 Å². The number of rotatable bonds is 5. The van der Waals surface area contributed by atoms with Crippen LogP contribution < -0.4 is 5.32 Å². The third-order valence-corrected chi connectivity index (χ3v) is 5.22. The lowest BCUT2D eigenvalue weighted by molar-refractivity contribution is -0.116. The second-order valence-electron chi connectivity index (χ2n) is 4.55. The molecule has 4 nitrogen and oxygen atoms in total. The first-order chi connectivity index (χ1) is 10.5. The summed E-state index contributed by atoms with van der Waals surface area (Å²) in [5.41, 5.74) is 1.34. The fourth-order valence-corrected chi connectivity index (χ4v) is 3.55. The molecule has 1 N–H and O–H groups in total. The Morgan fingerprint density at radius 1 is 1.36 bits per heavy atom. The maximum atomic E-state index is 12.2. The Morgan fingerprint density at radius 2 is 2.09 bits per heavy atom. The molecule has 116 valence electrons. The van der Waals surface area contributed by atoms with Crippen LogP contribution in [-0.4, -0.2) is 36.6 Å². The third kappa shape index (κ3) is 4.34. The minimum absolute atomic E-state index is 0.00894. The Balaban J connectivity index is 1.98. The summed E-state index contributed by atoms with van der Waals surface area (Å²) < 4.78 is 0.891. The number of para-hydroxylation sites is 1. The number of thioether (sulfide) groups is 1. The van der Waals surface area contributed by atoms with Crippen molar-refractivity contribution >= 4 is 56.5 Å². The van der Waals surface area contributed by atoms with E-state index in [1.165, 1.54) is 16.2 Å². The van der Waals surface area contributed by atoms with Crippen LogP contribution in [0.4, 0.5) is 5.69 Å². The zero-order chi connectivity index (χ0) is 16.1. The molecule has 0 aliphatic heterocycles. The summed E-state index contributed by atoms with van der Waals surface area (Å²) in [6, 6.07) is 9.34. The van der Waals surface area contributed by atoms with Gasteiger partial charge in [-0.05, 0) is 40.4 Å². The van der Waals surface area contributed by atoms with Crippen molar-refractivity contribution in [3.8, 4) is 0 Å². The number of likely N-dealkylation sites (N-methyl/N-ethyl adjacent to an activating group) is 1. The third-order valence-electron chi connectivity index (χ3n) is 2.92. The van der Waals surface area contributed by atoms with Gasteiger partial charge in [0.1, 0.15) is 0 Å². The fraction of sp³-hybridized carbons (Fsp3) is 0.200. The van der Waals surface area contributed by atoms with Gasteiger partial charge in [-0.1, -0.05) is 12.1 Å². The van der Waals surface area contributed by atoms with Crippen LogP contribution in [0.5, 0.6) is 0 Å². The molecule has 1 heterocycles. The van der Waals surface area contributed by atoms with Gasteiger partial charge in [0, 0.05) is 17.3 Å². The molecule has 0 aliphatic rings. The number of carbonyl (C=O) groups excluding carboxylic acids is 2. The molecule has 2 rings (SSSR count). The molecule has 0 spiro atoms. The van der Waals surface area contributed by atoms with Gasteiger partial charge in [0.05, 0.1) is 21.6 Å². The van der Waals surface area contributed by atoms with E-state index in [4.69, 9.17) is 0 Å². The average Bonchev–Trinajstić information content (AvgIpc) is 2.93. The SMILES string of the molecule is CSc1ccccc1NC(=O)CN(C)C(=O)c1csc(Br)c1. The Morgan fingerprint density at radius 3 is 2.73 bits per heavy atom. The van der Waals surface area contributed by atoms with E-state index in [0.717, 1.165) is 14.4 Å². The van der Waals surface area contributed by atoms with Gasteiger partial charge in [-0.25, -0.2) is 0 Å². The van der Waals surface area contributed by atoms with E-state index in [1.807, 2.05) is 30.5 Å². The van der Waals surface area contributed by atoms with E-state index in [0.29, 0.717) is 5.56 Å². The summed E-state index contributed by atoms with van der Waals surface area (Å²) >= 11 is 6.33. The summed E-state index contributed by atoms with van der Waals surface area (Å²) in [5, 5.41) is 4.61. The van der Waals surface area contributed by atoms with Gasteiger partial charge in [0.25, 0.3) is 5.91 Å². The summed E-state index contributed by atoms with van der Waals surface area (Å²) in [6.45, 7) is 0.00894. The molecular formula is C15H15BrN2O2S2. The van der Waals surface area contributed by atoms with Crippen LogP contribution in [0.15, 0.2) is 44.4 Å². The van der Waals surface area contributed by atoms with Crippen molar-refractivity contribution in [3.05, 3.63) is 45.1 Å². The maximum Gasteiger partial charge on any atom is 0.254 e. The number of benzene rings is 1. The summed E-state index contributed by atoms with van der Waals surface area (Å²) in [4.78, 5) is 26.7. The standard InChI is InChI=1S/C15H15BrN2O2S2/c1-18(15(20)10-7-13(16)22-9-10)8-14(19)17-11-5-3-4-6-12(11)21-2/h3-7,9H,8H2,1-2H3,(H,17,19). The minimum Gasteiger partial charge on any atom is -0.332 e. The molecule has 1 aromatic carbocycles. The topological polar surface area (TPSA) is 49.4 Å². The molecule has 0 unspecified atom stereocenters. The first kappa shape index (κ1) is 17.1. The molecule has 0 saturated heterocycles. The zero-order valence-corrected chi connectivity index (χ0v) is 15.3. The highest BCUT2D eigenvalue weighted by Crippen LogP contribution is 2.24. The second-order valence-corrected chi connectivity index (χ2v) is 7.69. The maximum absolute atomic E-state index is 12.2. The van der Waals surface area contributed by atoms with Crippen LogP contribution in [0.1, 0.15) is 10.4 Å². The van der Waals surface area contributed by atoms with Gasteiger partial charge in [-0.15, -0.1) is 23.1 Å². The van der Waals surface area contributed by atoms with Gasteiger partial charge in [-0.2, -0.15) is 0 Å². The highest BCUT2D eigenvalue weighted by atomic mass is 79.9. The van der Waals surface area contributed by atoms with Crippen LogP contribution >= 0.6 is 39.0 Å². The van der Waals surface area contributed by atoms with Crippen LogP contribution in [0, 0.1) is 0 Å². The molecule has 22 heavy (non-hydrogen) atoms. The Kier molecular flexibility index (Phi) is 6.05. The smallest absolute Gasteiger partial charge is 0.254 e. The number of hydrogen-bond donors (Lipinski definition) is 1. The van der Waals surface area contributed by atoms with Crippen molar-refractivity contribution in [1.29, 1.82) is 0 Å². The molecule has 0 atom stereocenters. The Bertz CT molecular complexity index is 688. The largest absolute Gasteiger partial charge is 0.332 e. The predicted octanol–water partition coefficient (Wildman–Crippen LogP) is 3.94.